The topological polar surface area (TPSA) is 30.3 Å². The van der Waals surface area contributed by atoms with Gasteiger partial charge in [0.2, 0.25) is 5.88 Å². The lowest BCUT2D eigenvalue weighted by molar-refractivity contribution is 0.177. The molecule has 0 amide bonds. The highest BCUT2D eigenvalue weighted by Gasteiger charge is 2.16. The Morgan fingerprint density at radius 3 is 2.60 bits per heavy atom. The number of benzene rings is 2. The maximum atomic E-state index is 6.20. The number of hydrogen-bond donors (Lipinski definition) is 0. The summed E-state index contributed by atoms with van der Waals surface area (Å²) in [5.41, 5.74) is 2.23. The van der Waals surface area contributed by atoms with Gasteiger partial charge in [-0.2, -0.15) is 0 Å². The summed E-state index contributed by atoms with van der Waals surface area (Å²) in [6.45, 7) is 3.47. The molecule has 3 aromatic rings. The second-order valence-corrected chi connectivity index (χ2v) is 6.88. The molecule has 1 atom stereocenters. The van der Waals surface area contributed by atoms with E-state index in [2.05, 4.69) is 38.1 Å². The van der Waals surface area contributed by atoms with Crippen LogP contribution in [0.15, 0.2) is 48.5 Å². The smallest absolute Gasteiger partial charge is 0.240 e. The molecule has 0 saturated heterocycles. The molecule has 0 bridgehead atoms. The van der Waals surface area contributed by atoms with E-state index in [-0.39, 0.29) is 0 Å². The van der Waals surface area contributed by atoms with Crippen LogP contribution in [0.4, 0.5) is 0 Å². The van der Waals surface area contributed by atoms with Crippen molar-refractivity contribution in [1.82, 2.24) is 14.7 Å². The van der Waals surface area contributed by atoms with E-state index in [1.54, 1.807) is 0 Å². The summed E-state index contributed by atoms with van der Waals surface area (Å²) < 4.78 is 8.05. The average Bonchev–Trinajstić information content (AvgIpc) is 2.93. The maximum Gasteiger partial charge on any atom is 0.240 e. The minimum absolute atomic E-state index is 0.355. The van der Waals surface area contributed by atoms with Crippen molar-refractivity contribution in [3.8, 4) is 5.88 Å². The van der Waals surface area contributed by atoms with E-state index in [0.29, 0.717) is 30.1 Å². The van der Waals surface area contributed by atoms with Crippen molar-refractivity contribution < 1.29 is 4.74 Å². The Bertz CT molecular complexity index is 830. The first-order valence-electron chi connectivity index (χ1n) is 8.57. The van der Waals surface area contributed by atoms with Crippen molar-refractivity contribution in [2.24, 2.45) is 0 Å². The number of likely N-dealkylation sites (N-methyl/N-ethyl adjacent to an activating group) is 1. The molecule has 1 unspecified atom stereocenters. The molecule has 0 aliphatic carbocycles. The Labute approximate surface area is 154 Å². The molecule has 0 fully saturated rings. The summed E-state index contributed by atoms with van der Waals surface area (Å²) >= 11 is 6.20. The second-order valence-electron chi connectivity index (χ2n) is 6.45. The first-order chi connectivity index (χ1) is 12.1. The van der Waals surface area contributed by atoms with E-state index >= 15 is 0 Å². The Hall–Kier alpha value is -2.04. The van der Waals surface area contributed by atoms with Crippen LogP contribution in [0.1, 0.15) is 18.9 Å². The first-order valence-corrected chi connectivity index (χ1v) is 8.95. The largest absolute Gasteiger partial charge is 0.475 e. The van der Waals surface area contributed by atoms with Crippen molar-refractivity contribution in [2.45, 2.75) is 25.9 Å². The third-order valence-corrected chi connectivity index (χ3v) is 4.70. The number of nitrogens with zero attached hydrogens (tertiary/aromatic N) is 3. The van der Waals surface area contributed by atoms with Crippen molar-refractivity contribution in [2.75, 3.05) is 20.7 Å². The van der Waals surface area contributed by atoms with E-state index in [9.17, 15) is 0 Å². The summed E-state index contributed by atoms with van der Waals surface area (Å²) in [4.78, 5) is 2.18. The van der Waals surface area contributed by atoms with Crippen LogP contribution in [0.2, 0.25) is 5.02 Å². The van der Waals surface area contributed by atoms with Crippen LogP contribution in [0.5, 0.6) is 5.88 Å². The minimum atomic E-state index is 0.355. The molecule has 25 heavy (non-hydrogen) atoms. The average molecular weight is 358 g/mol. The third kappa shape index (κ3) is 4.14. The Morgan fingerprint density at radius 1 is 1.16 bits per heavy atom. The van der Waals surface area contributed by atoms with Gasteiger partial charge in [0.25, 0.3) is 0 Å². The molecule has 0 radical (unpaired) electrons. The van der Waals surface area contributed by atoms with E-state index < -0.39 is 0 Å². The summed E-state index contributed by atoms with van der Waals surface area (Å²) in [6, 6.07) is 16.5. The maximum absolute atomic E-state index is 6.20. The van der Waals surface area contributed by atoms with E-state index in [4.69, 9.17) is 21.4 Å². The molecule has 1 heterocycles. The molecule has 132 valence electrons. The van der Waals surface area contributed by atoms with Crippen LogP contribution < -0.4 is 4.74 Å². The summed E-state index contributed by atoms with van der Waals surface area (Å²) in [6.07, 6.45) is 1.02. The number of rotatable bonds is 7. The van der Waals surface area contributed by atoms with Gasteiger partial charge in [-0.15, -0.1) is 5.10 Å². The molecule has 0 aliphatic heterocycles. The van der Waals surface area contributed by atoms with Crippen LogP contribution in [0, 0.1) is 0 Å². The normalized spacial score (nSPS) is 12.7. The molecular formula is C20H24ClN3O. The number of fused-ring (bicyclic) bond motifs is 1. The van der Waals surface area contributed by atoms with Gasteiger partial charge >= 0.3 is 0 Å². The number of ether oxygens (including phenoxy) is 1. The molecule has 2 aromatic carbocycles. The van der Waals surface area contributed by atoms with Crippen molar-refractivity contribution >= 4 is 22.5 Å². The van der Waals surface area contributed by atoms with Crippen LogP contribution in [0.25, 0.3) is 10.9 Å². The van der Waals surface area contributed by atoms with Gasteiger partial charge in [0.15, 0.2) is 0 Å². The van der Waals surface area contributed by atoms with Crippen molar-refractivity contribution in [1.29, 1.82) is 0 Å². The SMILES string of the molecule is CCC(COc1nn(Cc2ccccc2)c2ccc(Cl)cc12)N(C)C. The lowest BCUT2D eigenvalue weighted by Gasteiger charge is -2.22. The molecule has 0 spiro atoms. The standard InChI is InChI=1S/C20H24ClN3O/c1-4-17(23(2)3)14-25-20-18-12-16(21)10-11-19(18)24(22-20)13-15-8-6-5-7-9-15/h5-12,17H,4,13-14H2,1-3H3. The quantitative estimate of drug-likeness (QED) is 0.625. The molecule has 1 aromatic heterocycles. The summed E-state index contributed by atoms with van der Waals surface area (Å²) in [5.74, 6) is 0.647. The molecular weight excluding hydrogens is 334 g/mol. The van der Waals surface area contributed by atoms with Gasteiger partial charge in [-0.3, -0.25) is 4.68 Å². The molecule has 4 nitrogen and oxygen atoms in total. The zero-order valence-electron chi connectivity index (χ0n) is 14.9. The zero-order chi connectivity index (χ0) is 17.8. The van der Waals surface area contributed by atoms with Gasteiger partial charge in [0, 0.05) is 11.1 Å². The van der Waals surface area contributed by atoms with E-state index in [0.717, 1.165) is 17.3 Å². The lowest BCUT2D eigenvalue weighted by atomic mass is 10.2. The fourth-order valence-corrected chi connectivity index (χ4v) is 3.08. The van der Waals surface area contributed by atoms with Gasteiger partial charge < -0.3 is 9.64 Å². The molecule has 3 rings (SSSR count). The summed E-state index contributed by atoms with van der Waals surface area (Å²) in [7, 11) is 4.14. The fourth-order valence-electron chi connectivity index (χ4n) is 2.91. The van der Waals surface area contributed by atoms with Gasteiger partial charge in [-0.25, -0.2) is 0 Å². The minimum Gasteiger partial charge on any atom is -0.475 e. The second kappa shape index (κ2) is 7.89. The number of halogens is 1. The Morgan fingerprint density at radius 2 is 1.92 bits per heavy atom. The zero-order valence-corrected chi connectivity index (χ0v) is 15.7. The van der Waals surface area contributed by atoms with Crippen molar-refractivity contribution in [3.63, 3.8) is 0 Å². The Balaban J connectivity index is 1.91. The van der Waals surface area contributed by atoms with Crippen LogP contribution in [-0.4, -0.2) is 41.4 Å². The third-order valence-electron chi connectivity index (χ3n) is 4.47. The highest BCUT2D eigenvalue weighted by molar-refractivity contribution is 6.31. The molecule has 0 N–H and O–H groups in total. The van der Waals surface area contributed by atoms with Gasteiger partial charge in [0.05, 0.1) is 17.4 Å². The van der Waals surface area contributed by atoms with Gasteiger partial charge in [-0.1, -0.05) is 48.9 Å². The monoisotopic (exact) mass is 357 g/mol. The van der Waals surface area contributed by atoms with Crippen LogP contribution >= 0.6 is 11.6 Å². The van der Waals surface area contributed by atoms with Crippen molar-refractivity contribution in [3.05, 3.63) is 59.1 Å². The van der Waals surface area contributed by atoms with E-state index in [1.807, 2.05) is 41.1 Å². The first kappa shape index (κ1) is 17.8. The molecule has 0 saturated carbocycles. The van der Waals surface area contributed by atoms with Crippen LogP contribution in [0.3, 0.4) is 0 Å². The summed E-state index contributed by atoms with van der Waals surface area (Å²) in [5, 5.41) is 6.36. The highest BCUT2D eigenvalue weighted by Crippen LogP contribution is 2.28. The molecule has 0 aliphatic rings. The predicted molar refractivity (Wildman–Crippen MR) is 104 cm³/mol. The van der Waals surface area contributed by atoms with Gasteiger partial charge in [-0.05, 0) is 44.3 Å². The Kier molecular flexibility index (Phi) is 5.61. The van der Waals surface area contributed by atoms with Crippen LogP contribution in [-0.2, 0) is 6.54 Å². The fraction of sp³-hybridized carbons (Fsp3) is 0.350. The van der Waals surface area contributed by atoms with E-state index in [1.165, 1.54) is 5.56 Å². The number of hydrogen-bond acceptors (Lipinski definition) is 3. The number of aromatic nitrogens is 2. The van der Waals surface area contributed by atoms with Gasteiger partial charge in [0.1, 0.15) is 6.61 Å². The highest BCUT2D eigenvalue weighted by atomic mass is 35.5. The molecule has 5 heteroatoms. The lowest BCUT2D eigenvalue weighted by Crippen LogP contribution is -2.33. The predicted octanol–water partition coefficient (Wildman–Crippen LogP) is 4.46.